The third-order valence-corrected chi connectivity index (χ3v) is 3.65. The van der Waals surface area contributed by atoms with E-state index in [1.54, 1.807) is 4.68 Å². The first-order chi connectivity index (χ1) is 8.83. The first kappa shape index (κ1) is 15.8. The maximum atomic E-state index is 11.9. The fourth-order valence-corrected chi connectivity index (χ4v) is 2.29. The highest BCUT2D eigenvalue weighted by Crippen LogP contribution is 2.02. The molecule has 1 aromatic rings. The molecule has 1 unspecified atom stereocenters. The molecule has 0 radical (unpaired) electrons. The van der Waals surface area contributed by atoms with Crippen LogP contribution in [0.15, 0.2) is 6.33 Å². The molecule has 0 fully saturated rings. The van der Waals surface area contributed by atoms with Crippen molar-refractivity contribution in [2.75, 3.05) is 12.0 Å². The first-order valence-electron chi connectivity index (χ1n) is 6.16. The summed E-state index contributed by atoms with van der Waals surface area (Å²) >= 11 is 0. The summed E-state index contributed by atoms with van der Waals surface area (Å²) in [4.78, 5) is 15.9. The standard InChI is InChI=1S/C11H20N4O3S/c1-3-5-15-11(13-8-14-15)7-10(16)9(12)4-6-19(2,17)18/h8-9H,3-7,12H2,1-2H3. The van der Waals surface area contributed by atoms with Crippen LogP contribution in [0.3, 0.4) is 0 Å². The van der Waals surface area contributed by atoms with Crippen LogP contribution >= 0.6 is 0 Å². The minimum absolute atomic E-state index is 0.0818. The Morgan fingerprint density at radius 1 is 1.53 bits per heavy atom. The number of aromatic nitrogens is 3. The summed E-state index contributed by atoms with van der Waals surface area (Å²) in [6, 6.07) is -0.776. The van der Waals surface area contributed by atoms with Crippen molar-refractivity contribution in [1.29, 1.82) is 0 Å². The molecule has 1 rings (SSSR count). The molecule has 1 atom stereocenters. The topological polar surface area (TPSA) is 108 Å². The van der Waals surface area contributed by atoms with Gasteiger partial charge in [0.1, 0.15) is 22.0 Å². The van der Waals surface area contributed by atoms with Crippen LogP contribution in [0.1, 0.15) is 25.6 Å². The van der Waals surface area contributed by atoms with E-state index in [0.717, 1.165) is 12.7 Å². The van der Waals surface area contributed by atoms with Crippen molar-refractivity contribution in [2.45, 2.75) is 38.8 Å². The molecule has 0 bridgehead atoms. The van der Waals surface area contributed by atoms with Gasteiger partial charge in [0.2, 0.25) is 0 Å². The lowest BCUT2D eigenvalue weighted by Crippen LogP contribution is -2.34. The summed E-state index contributed by atoms with van der Waals surface area (Å²) in [5.41, 5.74) is 5.69. The molecule has 1 heterocycles. The second-order valence-electron chi connectivity index (χ2n) is 4.57. The lowest BCUT2D eigenvalue weighted by Gasteiger charge is -2.10. The zero-order chi connectivity index (χ0) is 14.5. The second kappa shape index (κ2) is 6.76. The number of nitrogens with zero attached hydrogens (tertiary/aromatic N) is 3. The largest absolute Gasteiger partial charge is 0.321 e. The number of ketones is 1. The van der Waals surface area contributed by atoms with Gasteiger partial charge in [-0.15, -0.1) is 0 Å². The van der Waals surface area contributed by atoms with Gasteiger partial charge in [0.25, 0.3) is 0 Å². The molecule has 0 spiro atoms. The Bertz CT molecular complexity index is 524. The molecule has 8 heteroatoms. The van der Waals surface area contributed by atoms with Gasteiger partial charge in [-0.05, 0) is 12.8 Å². The van der Waals surface area contributed by atoms with Crippen molar-refractivity contribution < 1.29 is 13.2 Å². The number of hydrogen-bond donors (Lipinski definition) is 1. The van der Waals surface area contributed by atoms with Crippen LogP contribution in [0.5, 0.6) is 0 Å². The molecule has 1 aromatic heterocycles. The molecule has 0 aliphatic heterocycles. The fourth-order valence-electron chi connectivity index (χ4n) is 1.61. The third-order valence-electron chi connectivity index (χ3n) is 2.68. The molecule has 0 amide bonds. The monoisotopic (exact) mass is 288 g/mol. The van der Waals surface area contributed by atoms with Crippen LogP contribution in [0.25, 0.3) is 0 Å². The van der Waals surface area contributed by atoms with Gasteiger partial charge in [-0.3, -0.25) is 4.79 Å². The SMILES string of the molecule is CCCn1ncnc1CC(=O)C(N)CCS(C)(=O)=O. The number of carbonyl (C=O) groups is 1. The Morgan fingerprint density at radius 2 is 2.21 bits per heavy atom. The van der Waals surface area contributed by atoms with Crippen LogP contribution in [-0.4, -0.2) is 47.0 Å². The van der Waals surface area contributed by atoms with Gasteiger partial charge < -0.3 is 5.73 Å². The predicted molar refractivity (Wildman–Crippen MR) is 71.3 cm³/mol. The summed E-state index contributed by atoms with van der Waals surface area (Å²) in [7, 11) is -3.10. The van der Waals surface area contributed by atoms with Crippen LogP contribution in [0, 0.1) is 0 Å². The number of rotatable bonds is 8. The highest BCUT2D eigenvalue weighted by Gasteiger charge is 2.18. The Kier molecular flexibility index (Phi) is 5.61. The second-order valence-corrected chi connectivity index (χ2v) is 6.83. The zero-order valence-electron chi connectivity index (χ0n) is 11.2. The van der Waals surface area contributed by atoms with Crippen LogP contribution < -0.4 is 5.73 Å². The van der Waals surface area contributed by atoms with E-state index in [0.29, 0.717) is 12.4 Å². The Balaban J connectivity index is 2.56. The van der Waals surface area contributed by atoms with E-state index in [1.807, 2.05) is 6.92 Å². The lowest BCUT2D eigenvalue weighted by molar-refractivity contribution is -0.119. The van der Waals surface area contributed by atoms with Gasteiger partial charge in [0.15, 0.2) is 5.78 Å². The van der Waals surface area contributed by atoms with Crippen molar-refractivity contribution in [2.24, 2.45) is 5.73 Å². The highest BCUT2D eigenvalue weighted by molar-refractivity contribution is 7.90. The van der Waals surface area contributed by atoms with Gasteiger partial charge in [-0.2, -0.15) is 5.10 Å². The number of hydrogen-bond acceptors (Lipinski definition) is 6. The van der Waals surface area contributed by atoms with E-state index in [1.165, 1.54) is 6.33 Å². The predicted octanol–water partition coefficient (Wildman–Crippen LogP) is -0.438. The average molecular weight is 288 g/mol. The molecule has 0 saturated heterocycles. The molecule has 0 aromatic carbocycles. The third kappa shape index (κ3) is 5.48. The van der Waals surface area contributed by atoms with Crippen LogP contribution in [0.2, 0.25) is 0 Å². The van der Waals surface area contributed by atoms with Crippen molar-refractivity contribution in [3.63, 3.8) is 0 Å². The quantitative estimate of drug-likeness (QED) is 0.695. The smallest absolute Gasteiger partial charge is 0.157 e. The van der Waals surface area contributed by atoms with Crippen molar-refractivity contribution >= 4 is 15.6 Å². The maximum Gasteiger partial charge on any atom is 0.157 e. The van der Waals surface area contributed by atoms with E-state index in [2.05, 4.69) is 10.1 Å². The van der Waals surface area contributed by atoms with Crippen molar-refractivity contribution in [3.05, 3.63) is 12.2 Å². The summed E-state index contributed by atoms with van der Waals surface area (Å²) in [5, 5.41) is 4.02. The zero-order valence-corrected chi connectivity index (χ0v) is 12.1. The summed E-state index contributed by atoms with van der Waals surface area (Å²) < 4.78 is 23.7. The molecule has 0 aliphatic carbocycles. The molecule has 7 nitrogen and oxygen atoms in total. The van der Waals surface area contributed by atoms with Gasteiger partial charge in [-0.1, -0.05) is 6.92 Å². The first-order valence-corrected chi connectivity index (χ1v) is 8.22. The Morgan fingerprint density at radius 3 is 2.79 bits per heavy atom. The minimum Gasteiger partial charge on any atom is -0.321 e. The molecular weight excluding hydrogens is 268 g/mol. The average Bonchev–Trinajstić information content (AvgIpc) is 2.73. The van der Waals surface area contributed by atoms with Crippen molar-refractivity contribution in [1.82, 2.24) is 14.8 Å². The number of sulfone groups is 1. The van der Waals surface area contributed by atoms with Gasteiger partial charge in [0, 0.05) is 12.8 Å². The number of carbonyl (C=O) groups excluding carboxylic acids is 1. The molecule has 19 heavy (non-hydrogen) atoms. The maximum absolute atomic E-state index is 11.9. The minimum atomic E-state index is -3.10. The molecule has 108 valence electrons. The van der Waals surface area contributed by atoms with Gasteiger partial charge in [-0.25, -0.2) is 18.1 Å². The Hall–Kier alpha value is -1.28. The number of Topliss-reactive ketones (excluding diaryl/α,β-unsaturated/α-hetero) is 1. The van der Waals surface area contributed by atoms with Gasteiger partial charge >= 0.3 is 0 Å². The summed E-state index contributed by atoms with van der Waals surface area (Å²) in [5.74, 6) is 0.275. The van der Waals surface area contributed by atoms with Gasteiger partial charge in [0.05, 0.1) is 18.2 Å². The number of nitrogens with two attached hydrogens (primary N) is 1. The normalized spacial score (nSPS) is 13.4. The Labute approximate surface area is 113 Å². The van der Waals surface area contributed by atoms with E-state index in [4.69, 9.17) is 5.73 Å². The fraction of sp³-hybridized carbons (Fsp3) is 0.727. The number of aryl methyl sites for hydroxylation is 1. The van der Waals surface area contributed by atoms with Crippen LogP contribution in [-0.2, 0) is 27.6 Å². The molecule has 0 saturated carbocycles. The van der Waals surface area contributed by atoms with E-state index < -0.39 is 15.9 Å². The lowest BCUT2D eigenvalue weighted by atomic mass is 10.1. The molecule has 0 aliphatic rings. The summed E-state index contributed by atoms with van der Waals surface area (Å²) in [6.45, 7) is 2.70. The molecular formula is C11H20N4O3S. The van der Waals surface area contributed by atoms with E-state index in [-0.39, 0.29) is 24.4 Å². The highest BCUT2D eigenvalue weighted by atomic mass is 32.2. The van der Waals surface area contributed by atoms with Crippen molar-refractivity contribution in [3.8, 4) is 0 Å². The van der Waals surface area contributed by atoms with E-state index >= 15 is 0 Å². The molecule has 2 N–H and O–H groups in total. The van der Waals surface area contributed by atoms with Crippen LogP contribution in [0.4, 0.5) is 0 Å². The van der Waals surface area contributed by atoms with E-state index in [9.17, 15) is 13.2 Å². The summed E-state index contributed by atoms with van der Waals surface area (Å²) in [6.07, 6.45) is 3.65.